The van der Waals surface area contributed by atoms with Gasteiger partial charge in [-0.05, 0) is 37.3 Å². The molecule has 0 aliphatic rings. The van der Waals surface area contributed by atoms with Crippen LogP contribution in [0.3, 0.4) is 0 Å². The fourth-order valence-corrected chi connectivity index (χ4v) is 2.10. The van der Waals surface area contributed by atoms with Gasteiger partial charge in [0, 0.05) is 5.39 Å². The van der Waals surface area contributed by atoms with Gasteiger partial charge in [0.2, 0.25) is 0 Å². The highest BCUT2D eigenvalue weighted by atomic mass is 19.1. The lowest BCUT2D eigenvalue weighted by Gasteiger charge is -2.09. The van der Waals surface area contributed by atoms with Crippen LogP contribution in [0.25, 0.3) is 10.9 Å². The molecule has 21 heavy (non-hydrogen) atoms. The number of halogens is 1. The Morgan fingerprint density at radius 2 is 1.95 bits per heavy atom. The predicted molar refractivity (Wildman–Crippen MR) is 78.2 cm³/mol. The number of pyridine rings is 1. The van der Waals surface area contributed by atoms with E-state index in [1.165, 1.54) is 25.1 Å². The van der Waals surface area contributed by atoms with Gasteiger partial charge in [0.05, 0.1) is 17.3 Å². The Morgan fingerprint density at radius 1 is 1.14 bits per heavy atom. The number of hydrogen-bond donors (Lipinski definition) is 0. The van der Waals surface area contributed by atoms with Crippen LogP contribution in [0.1, 0.15) is 17.3 Å². The lowest BCUT2D eigenvalue weighted by Crippen LogP contribution is -1.98. The topological polar surface area (TPSA) is 39.2 Å². The second-order valence-corrected chi connectivity index (χ2v) is 4.66. The van der Waals surface area contributed by atoms with E-state index < -0.39 is 5.82 Å². The first kappa shape index (κ1) is 13.2. The fraction of sp³-hybridized carbons (Fsp3) is 0.0588. The molecule has 3 rings (SSSR count). The molecular formula is C17H12FNO2. The number of rotatable bonds is 3. The Labute approximate surface area is 121 Å². The lowest BCUT2D eigenvalue weighted by atomic mass is 10.1. The number of carbonyl (C=O) groups excluding carboxylic acids is 1. The number of ketones is 1. The molecule has 1 aromatic heterocycles. The summed E-state index contributed by atoms with van der Waals surface area (Å²) in [5.74, 6) is 0.103. The molecule has 0 aliphatic heterocycles. The summed E-state index contributed by atoms with van der Waals surface area (Å²) in [6, 6.07) is 13.3. The van der Waals surface area contributed by atoms with Crippen LogP contribution in [0.5, 0.6) is 11.5 Å². The van der Waals surface area contributed by atoms with Crippen molar-refractivity contribution >= 4 is 16.7 Å². The molecule has 0 saturated heterocycles. The number of para-hydroxylation sites is 1. The van der Waals surface area contributed by atoms with Gasteiger partial charge < -0.3 is 4.74 Å². The average Bonchev–Trinajstić information content (AvgIpc) is 2.49. The second kappa shape index (κ2) is 5.32. The van der Waals surface area contributed by atoms with Crippen molar-refractivity contribution in [3.05, 3.63) is 66.1 Å². The monoisotopic (exact) mass is 281 g/mol. The summed E-state index contributed by atoms with van der Waals surface area (Å²) in [6.45, 7) is 1.38. The van der Waals surface area contributed by atoms with E-state index in [2.05, 4.69) is 4.98 Å². The summed E-state index contributed by atoms with van der Waals surface area (Å²) in [5, 5.41) is 0.932. The van der Waals surface area contributed by atoms with Gasteiger partial charge in [-0.1, -0.05) is 18.2 Å². The standard InChI is InChI=1S/C17H12FNO2/c1-11(20)15-9-13(18)6-7-17(15)21-14-8-12-4-2-3-5-16(12)19-10-14/h2-10H,1H3. The maximum Gasteiger partial charge on any atom is 0.163 e. The molecule has 0 N–H and O–H groups in total. The summed E-state index contributed by atoms with van der Waals surface area (Å²) in [5.41, 5.74) is 1.07. The van der Waals surface area contributed by atoms with E-state index in [1.54, 1.807) is 6.20 Å². The van der Waals surface area contributed by atoms with Crippen molar-refractivity contribution in [2.24, 2.45) is 0 Å². The molecule has 0 amide bonds. The van der Waals surface area contributed by atoms with Crippen molar-refractivity contribution in [1.29, 1.82) is 0 Å². The molecule has 1 heterocycles. The third-order valence-electron chi connectivity index (χ3n) is 3.11. The van der Waals surface area contributed by atoms with Crippen molar-refractivity contribution < 1.29 is 13.9 Å². The van der Waals surface area contributed by atoms with Crippen LogP contribution < -0.4 is 4.74 Å². The number of ether oxygens (including phenoxy) is 1. The summed E-state index contributed by atoms with van der Waals surface area (Å²) in [7, 11) is 0. The average molecular weight is 281 g/mol. The Morgan fingerprint density at radius 3 is 2.76 bits per heavy atom. The minimum atomic E-state index is -0.468. The molecule has 4 heteroatoms. The van der Waals surface area contributed by atoms with Gasteiger partial charge in [-0.3, -0.25) is 9.78 Å². The van der Waals surface area contributed by atoms with Crippen LogP contribution in [-0.2, 0) is 0 Å². The van der Waals surface area contributed by atoms with Gasteiger partial charge in [0.25, 0.3) is 0 Å². The SMILES string of the molecule is CC(=O)c1cc(F)ccc1Oc1cnc2ccccc2c1. The van der Waals surface area contributed by atoms with Crippen molar-refractivity contribution in [2.75, 3.05) is 0 Å². The zero-order valence-corrected chi connectivity index (χ0v) is 11.3. The number of hydrogen-bond acceptors (Lipinski definition) is 3. The third kappa shape index (κ3) is 2.74. The summed E-state index contributed by atoms with van der Waals surface area (Å²) in [6.07, 6.45) is 1.58. The van der Waals surface area contributed by atoms with E-state index in [4.69, 9.17) is 4.74 Å². The van der Waals surface area contributed by atoms with Gasteiger partial charge >= 0.3 is 0 Å². The van der Waals surface area contributed by atoms with E-state index in [1.807, 2.05) is 30.3 Å². The summed E-state index contributed by atoms with van der Waals surface area (Å²) >= 11 is 0. The van der Waals surface area contributed by atoms with Crippen molar-refractivity contribution in [2.45, 2.75) is 6.92 Å². The van der Waals surface area contributed by atoms with E-state index in [9.17, 15) is 9.18 Å². The van der Waals surface area contributed by atoms with Gasteiger partial charge in [0.15, 0.2) is 5.78 Å². The van der Waals surface area contributed by atoms with Crippen LogP contribution >= 0.6 is 0 Å². The third-order valence-corrected chi connectivity index (χ3v) is 3.11. The van der Waals surface area contributed by atoms with Gasteiger partial charge in [-0.15, -0.1) is 0 Å². The quantitative estimate of drug-likeness (QED) is 0.669. The highest BCUT2D eigenvalue weighted by Gasteiger charge is 2.11. The first-order valence-electron chi connectivity index (χ1n) is 6.46. The van der Waals surface area contributed by atoms with Crippen molar-refractivity contribution in [3.8, 4) is 11.5 Å². The van der Waals surface area contributed by atoms with Crippen LogP contribution in [-0.4, -0.2) is 10.8 Å². The van der Waals surface area contributed by atoms with Crippen LogP contribution in [0.2, 0.25) is 0 Å². The summed E-state index contributed by atoms with van der Waals surface area (Å²) in [4.78, 5) is 15.8. The van der Waals surface area contributed by atoms with E-state index in [0.29, 0.717) is 11.5 Å². The minimum absolute atomic E-state index is 0.211. The van der Waals surface area contributed by atoms with Crippen molar-refractivity contribution in [3.63, 3.8) is 0 Å². The Balaban J connectivity index is 2.00. The Kier molecular flexibility index (Phi) is 3.36. The Bertz CT molecular complexity index is 830. The molecule has 0 atom stereocenters. The minimum Gasteiger partial charge on any atom is -0.455 e. The number of aromatic nitrogens is 1. The first-order valence-corrected chi connectivity index (χ1v) is 6.46. The molecule has 0 spiro atoms. The highest BCUT2D eigenvalue weighted by molar-refractivity contribution is 5.97. The zero-order chi connectivity index (χ0) is 14.8. The van der Waals surface area contributed by atoms with Crippen LogP contribution in [0.4, 0.5) is 4.39 Å². The van der Waals surface area contributed by atoms with Crippen LogP contribution in [0, 0.1) is 5.82 Å². The molecule has 0 bridgehead atoms. The molecule has 2 aromatic carbocycles. The van der Waals surface area contributed by atoms with Crippen LogP contribution in [0.15, 0.2) is 54.7 Å². The maximum absolute atomic E-state index is 13.2. The van der Waals surface area contributed by atoms with Gasteiger partial charge in [-0.25, -0.2) is 4.39 Å². The molecular weight excluding hydrogens is 269 g/mol. The van der Waals surface area contributed by atoms with Crippen molar-refractivity contribution in [1.82, 2.24) is 4.98 Å². The number of nitrogens with zero attached hydrogens (tertiary/aromatic N) is 1. The molecule has 0 radical (unpaired) electrons. The Hall–Kier alpha value is -2.75. The smallest absolute Gasteiger partial charge is 0.163 e. The molecule has 0 unspecified atom stereocenters. The number of benzene rings is 2. The largest absolute Gasteiger partial charge is 0.455 e. The van der Waals surface area contributed by atoms with E-state index in [-0.39, 0.29) is 11.3 Å². The zero-order valence-electron chi connectivity index (χ0n) is 11.3. The lowest BCUT2D eigenvalue weighted by molar-refractivity contribution is 0.101. The first-order chi connectivity index (χ1) is 10.1. The maximum atomic E-state index is 13.2. The number of fused-ring (bicyclic) bond motifs is 1. The second-order valence-electron chi connectivity index (χ2n) is 4.66. The van der Waals surface area contributed by atoms with Gasteiger partial charge in [-0.2, -0.15) is 0 Å². The molecule has 0 fully saturated rings. The number of Topliss-reactive ketones (excluding diaryl/α,β-unsaturated/α-hetero) is 1. The fourth-order valence-electron chi connectivity index (χ4n) is 2.10. The molecule has 104 valence electrons. The molecule has 3 aromatic rings. The summed E-state index contributed by atoms with van der Waals surface area (Å²) < 4.78 is 18.9. The van der Waals surface area contributed by atoms with E-state index in [0.717, 1.165) is 10.9 Å². The molecule has 0 aliphatic carbocycles. The van der Waals surface area contributed by atoms with Gasteiger partial charge in [0.1, 0.15) is 17.3 Å². The normalized spacial score (nSPS) is 10.6. The molecule has 3 nitrogen and oxygen atoms in total. The number of carbonyl (C=O) groups is 1. The highest BCUT2D eigenvalue weighted by Crippen LogP contribution is 2.27. The predicted octanol–water partition coefficient (Wildman–Crippen LogP) is 4.37. The van der Waals surface area contributed by atoms with E-state index >= 15 is 0 Å². The molecule has 0 saturated carbocycles.